The van der Waals surface area contributed by atoms with Gasteiger partial charge in [0.05, 0.1) is 0 Å². The number of aryl methyl sites for hydroxylation is 1. The molecule has 0 atom stereocenters. The minimum Gasteiger partial charge on any atom is -0.489 e. The van der Waals surface area contributed by atoms with E-state index in [9.17, 15) is 0 Å². The van der Waals surface area contributed by atoms with E-state index in [1.807, 2.05) is 24.3 Å². The molecule has 0 unspecified atom stereocenters. The molecule has 1 fully saturated rings. The molecule has 2 aromatic rings. The molecule has 0 bridgehead atoms. The lowest BCUT2D eigenvalue weighted by Crippen LogP contribution is -2.27. The highest BCUT2D eigenvalue weighted by Gasteiger charge is 2.12. The second kappa shape index (κ2) is 9.10. The fourth-order valence-electron chi connectivity index (χ4n) is 3.29. The monoisotopic (exact) mass is 343 g/mol. The number of piperidine rings is 1. The predicted octanol–water partition coefficient (Wildman–Crippen LogP) is 5.24. The van der Waals surface area contributed by atoms with Crippen LogP contribution in [-0.2, 0) is 13.0 Å². The van der Waals surface area contributed by atoms with Gasteiger partial charge in [-0.25, -0.2) is 0 Å². The molecule has 1 N–H and O–H groups in total. The zero-order valence-corrected chi connectivity index (χ0v) is 14.9. The highest BCUT2D eigenvalue weighted by molar-refractivity contribution is 6.31. The Hall–Kier alpha value is -1.51. The molecule has 24 heavy (non-hydrogen) atoms. The van der Waals surface area contributed by atoms with E-state index in [4.69, 9.17) is 16.3 Å². The van der Waals surface area contributed by atoms with Gasteiger partial charge in [-0.1, -0.05) is 48.4 Å². The molecule has 1 heterocycles. The van der Waals surface area contributed by atoms with Crippen molar-refractivity contribution < 1.29 is 4.74 Å². The van der Waals surface area contributed by atoms with Crippen molar-refractivity contribution in [1.29, 1.82) is 0 Å². The Morgan fingerprint density at radius 1 is 1.00 bits per heavy atom. The maximum Gasteiger partial charge on any atom is 0.119 e. The summed E-state index contributed by atoms with van der Waals surface area (Å²) in [4.78, 5) is 0. The van der Waals surface area contributed by atoms with Gasteiger partial charge in [0, 0.05) is 10.6 Å². The molecule has 2 aromatic carbocycles. The molecule has 0 aromatic heterocycles. The zero-order valence-electron chi connectivity index (χ0n) is 14.1. The first-order valence-electron chi connectivity index (χ1n) is 8.97. The first-order chi connectivity index (χ1) is 11.8. The van der Waals surface area contributed by atoms with Gasteiger partial charge in [-0.15, -0.1) is 0 Å². The highest BCUT2D eigenvalue weighted by atomic mass is 35.5. The van der Waals surface area contributed by atoms with Crippen molar-refractivity contribution in [2.45, 2.75) is 38.7 Å². The summed E-state index contributed by atoms with van der Waals surface area (Å²) in [5, 5.41) is 4.19. The summed E-state index contributed by atoms with van der Waals surface area (Å²) in [6.45, 7) is 2.90. The van der Waals surface area contributed by atoms with Crippen LogP contribution in [0.25, 0.3) is 0 Å². The number of hydrogen-bond acceptors (Lipinski definition) is 2. The van der Waals surface area contributed by atoms with Crippen LogP contribution in [0.4, 0.5) is 0 Å². The Bertz CT molecular complexity index is 620. The summed E-state index contributed by atoms with van der Waals surface area (Å²) >= 11 is 6.15. The van der Waals surface area contributed by atoms with Crippen molar-refractivity contribution in [3.05, 3.63) is 64.7 Å². The van der Waals surface area contributed by atoms with Crippen LogP contribution >= 0.6 is 11.6 Å². The van der Waals surface area contributed by atoms with Crippen LogP contribution in [0, 0.1) is 5.92 Å². The first-order valence-corrected chi connectivity index (χ1v) is 9.35. The van der Waals surface area contributed by atoms with E-state index in [1.54, 1.807) is 0 Å². The van der Waals surface area contributed by atoms with E-state index in [1.165, 1.54) is 44.3 Å². The lowest BCUT2D eigenvalue weighted by Gasteiger charge is -2.22. The molecule has 0 aliphatic carbocycles. The predicted molar refractivity (Wildman–Crippen MR) is 101 cm³/mol. The Morgan fingerprint density at radius 2 is 1.75 bits per heavy atom. The van der Waals surface area contributed by atoms with Crippen molar-refractivity contribution in [3.8, 4) is 5.75 Å². The Kier molecular flexibility index (Phi) is 6.57. The smallest absolute Gasteiger partial charge is 0.119 e. The molecule has 0 amide bonds. The lowest BCUT2D eigenvalue weighted by molar-refractivity contribution is 0.306. The number of nitrogens with one attached hydrogen (secondary N) is 1. The molecule has 1 aliphatic rings. The fraction of sp³-hybridized carbons (Fsp3) is 0.429. The summed E-state index contributed by atoms with van der Waals surface area (Å²) in [6.07, 6.45) is 6.48. The standard InChI is InChI=1S/C21H26ClNO/c22-21-7-2-1-6-19(21)16-24-20-10-8-17(9-11-20)4-3-5-18-12-14-23-15-13-18/h1-2,6-11,18,23H,3-5,12-16H2. The number of ether oxygens (including phenoxy) is 1. The van der Waals surface area contributed by atoms with Crippen molar-refractivity contribution in [1.82, 2.24) is 5.32 Å². The normalized spacial score (nSPS) is 15.4. The SMILES string of the molecule is Clc1ccccc1COc1ccc(CCCC2CCNCC2)cc1. The molecule has 0 spiro atoms. The topological polar surface area (TPSA) is 21.3 Å². The number of rotatable bonds is 7. The molecule has 1 aliphatic heterocycles. The Labute approximate surface area is 150 Å². The second-order valence-electron chi connectivity index (χ2n) is 6.61. The third kappa shape index (κ3) is 5.25. The third-order valence-corrected chi connectivity index (χ3v) is 5.18. The van der Waals surface area contributed by atoms with Gasteiger partial charge >= 0.3 is 0 Å². The van der Waals surface area contributed by atoms with Gasteiger partial charge in [-0.05, 0) is 68.5 Å². The van der Waals surface area contributed by atoms with Crippen LogP contribution < -0.4 is 10.1 Å². The third-order valence-electron chi connectivity index (χ3n) is 4.81. The maximum absolute atomic E-state index is 6.15. The number of halogens is 1. The van der Waals surface area contributed by atoms with E-state index >= 15 is 0 Å². The van der Waals surface area contributed by atoms with Crippen molar-refractivity contribution in [2.75, 3.05) is 13.1 Å². The van der Waals surface area contributed by atoms with Gasteiger partial charge in [-0.2, -0.15) is 0 Å². The van der Waals surface area contributed by atoms with Crippen LogP contribution in [0.15, 0.2) is 48.5 Å². The van der Waals surface area contributed by atoms with Gasteiger partial charge in [0.15, 0.2) is 0 Å². The van der Waals surface area contributed by atoms with Crippen molar-refractivity contribution in [2.24, 2.45) is 5.92 Å². The number of hydrogen-bond donors (Lipinski definition) is 1. The highest BCUT2D eigenvalue weighted by Crippen LogP contribution is 2.21. The largest absolute Gasteiger partial charge is 0.489 e. The van der Waals surface area contributed by atoms with Gasteiger partial charge in [0.2, 0.25) is 0 Å². The first kappa shape index (κ1) is 17.3. The molecular formula is C21H26ClNO. The van der Waals surface area contributed by atoms with Crippen LogP contribution in [0.2, 0.25) is 5.02 Å². The van der Waals surface area contributed by atoms with Crippen LogP contribution in [0.5, 0.6) is 5.75 Å². The minimum atomic E-state index is 0.509. The molecule has 128 valence electrons. The van der Waals surface area contributed by atoms with Crippen molar-refractivity contribution >= 4 is 11.6 Å². The maximum atomic E-state index is 6.15. The molecule has 2 nitrogen and oxygen atoms in total. The summed E-state index contributed by atoms with van der Waals surface area (Å²) < 4.78 is 5.84. The van der Waals surface area contributed by atoms with Crippen LogP contribution in [-0.4, -0.2) is 13.1 Å². The van der Waals surface area contributed by atoms with E-state index in [-0.39, 0.29) is 0 Å². The fourth-order valence-corrected chi connectivity index (χ4v) is 3.48. The Balaban J connectivity index is 1.42. The quantitative estimate of drug-likeness (QED) is 0.742. The summed E-state index contributed by atoms with van der Waals surface area (Å²) in [6, 6.07) is 16.3. The Morgan fingerprint density at radius 3 is 2.50 bits per heavy atom. The average Bonchev–Trinajstić information content (AvgIpc) is 2.63. The summed E-state index contributed by atoms with van der Waals surface area (Å²) in [5.74, 6) is 1.82. The second-order valence-corrected chi connectivity index (χ2v) is 7.02. The molecule has 3 rings (SSSR count). The van der Waals surface area contributed by atoms with Crippen LogP contribution in [0.1, 0.15) is 36.8 Å². The van der Waals surface area contributed by atoms with Gasteiger partial charge in [0.25, 0.3) is 0 Å². The molecule has 3 heteroatoms. The van der Waals surface area contributed by atoms with Gasteiger partial charge in [0.1, 0.15) is 12.4 Å². The number of benzene rings is 2. The average molecular weight is 344 g/mol. The van der Waals surface area contributed by atoms with E-state index in [0.29, 0.717) is 6.61 Å². The van der Waals surface area contributed by atoms with Crippen LogP contribution in [0.3, 0.4) is 0 Å². The zero-order chi connectivity index (χ0) is 16.6. The summed E-state index contributed by atoms with van der Waals surface area (Å²) in [7, 11) is 0. The molecular weight excluding hydrogens is 318 g/mol. The van der Waals surface area contributed by atoms with Crippen molar-refractivity contribution in [3.63, 3.8) is 0 Å². The van der Waals surface area contributed by atoms with E-state index in [0.717, 1.165) is 28.7 Å². The van der Waals surface area contributed by atoms with Gasteiger partial charge < -0.3 is 10.1 Å². The lowest BCUT2D eigenvalue weighted by atomic mass is 9.91. The van der Waals surface area contributed by atoms with E-state index < -0.39 is 0 Å². The van der Waals surface area contributed by atoms with E-state index in [2.05, 4.69) is 29.6 Å². The molecule has 1 saturated heterocycles. The molecule has 0 saturated carbocycles. The molecule has 0 radical (unpaired) electrons. The summed E-state index contributed by atoms with van der Waals surface area (Å²) in [5.41, 5.74) is 2.42. The van der Waals surface area contributed by atoms with Gasteiger partial charge in [-0.3, -0.25) is 0 Å². The minimum absolute atomic E-state index is 0.509.